The molecule has 0 amide bonds. The predicted octanol–water partition coefficient (Wildman–Crippen LogP) is 12.1. The normalized spacial score (nSPS) is 19.3. The van der Waals surface area contributed by atoms with Gasteiger partial charge in [-0.25, -0.2) is 0 Å². The molecule has 6 aromatic carbocycles. The van der Waals surface area contributed by atoms with Crippen molar-refractivity contribution in [2.24, 2.45) is 0 Å². The second kappa shape index (κ2) is 9.93. The SMILES string of the molecule is CCC1(C)c2ccccc2-c2c(-c3ccc(-c4ccc(-c5cccc6c5-c5ccccc5C6(C)CC)cc4)cc3)cccc21. The molecule has 0 heteroatoms. The molecule has 0 saturated heterocycles. The predicted molar refractivity (Wildman–Crippen MR) is 187 cm³/mol. The summed E-state index contributed by atoms with van der Waals surface area (Å²) in [5.74, 6) is 0. The molecule has 0 N–H and O–H groups in total. The first-order valence-electron chi connectivity index (χ1n) is 16.2. The number of benzene rings is 6. The lowest BCUT2D eigenvalue weighted by molar-refractivity contribution is 0.564. The van der Waals surface area contributed by atoms with Gasteiger partial charge < -0.3 is 0 Å². The van der Waals surface area contributed by atoms with E-state index in [1.54, 1.807) is 0 Å². The molecule has 0 aromatic heterocycles. The minimum atomic E-state index is 0.0553. The summed E-state index contributed by atoms with van der Waals surface area (Å²) < 4.78 is 0. The van der Waals surface area contributed by atoms with Crippen LogP contribution in [0.25, 0.3) is 55.6 Å². The van der Waals surface area contributed by atoms with Crippen molar-refractivity contribution >= 4 is 0 Å². The molecule has 0 radical (unpaired) electrons. The van der Waals surface area contributed by atoms with Crippen LogP contribution >= 0.6 is 0 Å². The molecule has 0 aliphatic heterocycles. The lowest BCUT2D eigenvalue weighted by Gasteiger charge is -2.25. The fraction of sp³-hybridized carbons (Fsp3) is 0.182. The summed E-state index contributed by atoms with van der Waals surface area (Å²) in [6.45, 7) is 9.42. The molecule has 0 bridgehead atoms. The molecule has 0 spiro atoms. The second-order valence-corrected chi connectivity index (χ2v) is 13.1. The van der Waals surface area contributed by atoms with Crippen molar-refractivity contribution in [2.75, 3.05) is 0 Å². The fourth-order valence-corrected chi connectivity index (χ4v) is 8.19. The summed E-state index contributed by atoms with van der Waals surface area (Å²) in [5.41, 5.74) is 19.2. The highest BCUT2D eigenvalue weighted by Gasteiger charge is 2.40. The Morgan fingerprint density at radius 3 is 1.05 bits per heavy atom. The van der Waals surface area contributed by atoms with Gasteiger partial charge in [-0.1, -0.05) is 161 Å². The van der Waals surface area contributed by atoms with E-state index >= 15 is 0 Å². The Labute approximate surface area is 262 Å². The third-order valence-corrected chi connectivity index (χ3v) is 11.0. The summed E-state index contributed by atoms with van der Waals surface area (Å²) in [6, 6.07) is 50.0. The van der Waals surface area contributed by atoms with Crippen LogP contribution in [0.3, 0.4) is 0 Å². The molecule has 214 valence electrons. The standard InChI is InChI=1S/C44H38/c1-5-43(3)37-17-9-7-13-35(37)41-33(15-11-19-39(41)43)31-25-21-29(22-26-31)30-23-27-32(28-24-30)34-16-12-20-40-42(34)36-14-8-10-18-38(36)44(40,4)6-2/h7-28H,5-6H2,1-4H3. The van der Waals surface area contributed by atoms with Gasteiger partial charge >= 0.3 is 0 Å². The number of fused-ring (bicyclic) bond motifs is 6. The Morgan fingerprint density at radius 1 is 0.341 bits per heavy atom. The van der Waals surface area contributed by atoms with Gasteiger partial charge in [0.25, 0.3) is 0 Å². The molecule has 8 rings (SSSR count). The first kappa shape index (κ1) is 26.9. The molecule has 2 aliphatic carbocycles. The van der Waals surface area contributed by atoms with Gasteiger partial charge in [0.1, 0.15) is 0 Å². The van der Waals surface area contributed by atoms with Gasteiger partial charge in [0, 0.05) is 10.8 Å². The van der Waals surface area contributed by atoms with E-state index in [9.17, 15) is 0 Å². The van der Waals surface area contributed by atoms with Gasteiger partial charge in [-0.2, -0.15) is 0 Å². The van der Waals surface area contributed by atoms with E-state index in [0.29, 0.717) is 0 Å². The minimum absolute atomic E-state index is 0.0553. The molecule has 6 aromatic rings. The highest BCUT2D eigenvalue weighted by Crippen LogP contribution is 2.55. The summed E-state index contributed by atoms with van der Waals surface area (Å²) in [7, 11) is 0. The minimum Gasteiger partial charge on any atom is -0.0642 e. The van der Waals surface area contributed by atoms with Crippen LogP contribution in [-0.2, 0) is 10.8 Å². The Morgan fingerprint density at radius 2 is 0.659 bits per heavy atom. The lowest BCUT2D eigenvalue weighted by Crippen LogP contribution is -2.18. The highest BCUT2D eigenvalue weighted by atomic mass is 14.4. The lowest BCUT2D eigenvalue weighted by atomic mass is 9.77. The summed E-state index contributed by atoms with van der Waals surface area (Å²) in [6.07, 6.45) is 2.18. The summed E-state index contributed by atoms with van der Waals surface area (Å²) in [5, 5.41) is 0. The molecule has 2 aliphatic rings. The van der Waals surface area contributed by atoms with Crippen LogP contribution in [-0.4, -0.2) is 0 Å². The van der Waals surface area contributed by atoms with Gasteiger partial charge in [-0.3, -0.25) is 0 Å². The van der Waals surface area contributed by atoms with Crippen LogP contribution in [0.15, 0.2) is 133 Å². The zero-order valence-corrected chi connectivity index (χ0v) is 26.1. The molecule has 0 heterocycles. The molecule has 2 unspecified atom stereocenters. The molecule has 0 fully saturated rings. The molecule has 0 saturated carbocycles. The maximum absolute atomic E-state index is 2.40. The molecular weight excluding hydrogens is 528 g/mol. The van der Waals surface area contributed by atoms with Crippen molar-refractivity contribution in [3.63, 3.8) is 0 Å². The maximum atomic E-state index is 2.40. The summed E-state index contributed by atoms with van der Waals surface area (Å²) in [4.78, 5) is 0. The van der Waals surface area contributed by atoms with Crippen molar-refractivity contribution in [3.05, 3.63) is 156 Å². The first-order chi connectivity index (χ1) is 21.5. The van der Waals surface area contributed by atoms with E-state index in [2.05, 4.69) is 161 Å². The van der Waals surface area contributed by atoms with E-state index < -0.39 is 0 Å². The molecular formula is C44H38. The van der Waals surface area contributed by atoms with Crippen molar-refractivity contribution in [1.29, 1.82) is 0 Å². The van der Waals surface area contributed by atoms with E-state index in [-0.39, 0.29) is 10.8 Å². The van der Waals surface area contributed by atoms with Crippen LogP contribution in [0.4, 0.5) is 0 Å². The third kappa shape index (κ3) is 3.70. The average molecular weight is 567 g/mol. The Bertz CT molecular complexity index is 1890. The zero-order chi connectivity index (χ0) is 30.1. The quantitative estimate of drug-likeness (QED) is 0.195. The average Bonchev–Trinajstić information content (AvgIpc) is 3.51. The van der Waals surface area contributed by atoms with Crippen LogP contribution in [0.1, 0.15) is 62.8 Å². The molecule has 2 atom stereocenters. The van der Waals surface area contributed by atoms with Gasteiger partial charge in [-0.15, -0.1) is 0 Å². The maximum Gasteiger partial charge on any atom is 0.0184 e. The zero-order valence-electron chi connectivity index (χ0n) is 26.1. The van der Waals surface area contributed by atoms with Gasteiger partial charge in [-0.05, 0) is 90.7 Å². The van der Waals surface area contributed by atoms with Gasteiger partial charge in [0.2, 0.25) is 0 Å². The van der Waals surface area contributed by atoms with Gasteiger partial charge in [0.15, 0.2) is 0 Å². The van der Waals surface area contributed by atoms with Crippen LogP contribution in [0.2, 0.25) is 0 Å². The molecule has 0 nitrogen and oxygen atoms in total. The van der Waals surface area contributed by atoms with Crippen LogP contribution in [0, 0.1) is 0 Å². The van der Waals surface area contributed by atoms with Crippen molar-refractivity contribution in [1.82, 2.24) is 0 Å². The Hall–Kier alpha value is -4.68. The Balaban J connectivity index is 1.14. The number of hydrogen-bond donors (Lipinski definition) is 0. The molecule has 44 heavy (non-hydrogen) atoms. The number of hydrogen-bond acceptors (Lipinski definition) is 0. The van der Waals surface area contributed by atoms with Crippen molar-refractivity contribution < 1.29 is 0 Å². The summed E-state index contributed by atoms with van der Waals surface area (Å²) >= 11 is 0. The fourth-order valence-electron chi connectivity index (χ4n) is 8.19. The number of rotatable bonds is 5. The van der Waals surface area contributed by atoms with Gasteiger partial charge in [0.05, 0.1) is 0 Å². The Kier molecular flexibility index (Phi) is 6.07. The van der Waals surface area contributed by atoms with E-state index in [1.807, 2.05) is 0 Å². The van der Waals surface area contributed by atoms with E-state index in [0.717, 1.165) is 12.8 Å². The first-order valence-corrected chi connectivity index (χ1v) is 16.2. The van der Waals surface area contributed by atoms with Crippen LogP contribution in [0.5, 0.6) is 0 Å². The third-order valence-electron chi connectivity index (χ3n) is 11.0. The monoisotopic (exact) mass is 566 g/mol. The smallest absolute Gasteiger partial charge is 0.0184 e. The topological polar surface area (TPSA) is 0 Å². The highest BCUT2D eigenvalue weighted by molar-refractivity contribution is 5.94. The largest absolute Gasteiger partial charge is 0.0642 e. The van der Waals surface area contributed by atoms with Crippen molar-refractivity contribution in [2.45, 2.75) is 51.4 Å². The second-order valence-electron chi connectivity index (χ2n) is 13.1. The van der Waals surface area contributed by atoms with E-state index in [4.69, 9.17) is 0 Å². The van der Waals surface area contributed by atoms with E-state index in [1.165, 1.54) is 77.9 Å². The van der Waals surface area contributed by atoms with Crippen molar-refractivity contribution in [3.8, 4) is 55.6 Å². The van der Waals surface area contributed by atoms with Crippen LogP contribution < -0.4 is 0 Å².